The van der Waals surface area contributed by atoms with Gasteiger partial charge >= 0.3 is 5.97 Å². The van der Waals surface area contributed by atoms with Crippen LogP contribution in [0.15, 0.2) is 82.6 Å². The van der Waals surface area contributed by atoms with Gasteiger partial charge in [0.25, 0.3) is 0 Å². The van der Waals surface area contributed by atoms with Gasteiger partial charge in [0.05, 0.1) is 18.8 Å². The lowest BCUT2D eigenvalue weighted by atomic mass is 10.2. The summed E-state index contributed by atoms with van der Waals surface area (Å²) in [6.45, 7) is 1.54. The first-order valence-corrected chi connectivity index (χ1v) is 11.9. The first-order valence-electron chi connectivity index (χ1n) is 9.95. The summed E-state index contributed by atoms with van der Waals surface area (Å²) in [5.41, 5.74) is 0.179. The normalized spacial score (nSPS) is 10.3. The number of carboxylic acid groups (broad SMARTS) is 1. The molecule has 3 aromatic rings. The molecular weight excluding hydrogens is 464 g/mol. The fraction of sp³-hybridized carbons (Fsp3) is 0.208. The number of ether oxygens (including phenoxy) is 2. The van der Waals surface area contributed by atoms with Crippen molar-refractivity contribution in [3.63, 3.8) is 0 Å². The van der Waals surface area contributed by atoms with E-state index in [1.165, 1.54) is 24.3 Å². The van der Waals surface area contributed by atoms with Crippen LogP contribution in [0, 0.1) is 0 Å². The van der Waals surface area contributed by atoms with E-state index in [2.05, 4.69) is 0 Å². The molecule has 4 N–H and O–H groups in total. The van der Waals surface area contributed by atoms with Gasteiger partial charge in [-0.05, 0) is 72.8 Å². The molecule has 0 bridgehead atoms. The van der Waals surface area contributed by atoms with Gasteiger partial charge in [-0.2, -0.15) is 0 Å². The van der Waals surface area contributed by atoms with E-state index in [-0.39, 0.29) is 22.8 Å². The Kier molecular flexibility index (Phi) is 12.1. The minimum absolute atomic E-state index is 0.0741. The summed E-state index contributed by atoms with van der Waals surface area (Å²) < 4.78 is 10.8. The van der Waals surface area contributed by atoms with Crippen LogP contribution in [0.2, 0.25) is 0 Å². The number of hydrogen-bond donors (Lipinski definition) is 4. The van der Waals surface area contributed by atoms with Crippen molar-refractivity contribution in [1.82, 2.24) is 0 Å². The highest BCUT2D eigenvalue weighted by Crippen LogP contribution is 2.21. The number of thioether (sulfide) groups is 2. The number of rotatable bonds is 11. The minimum atomic E-state index is -0.986. The third-order valence-corrected chi connectivity index (χ3v) is 5.90. The molecular formula is C24H26O7S2. The van der Waals surface area contributed by atoms with E-state index in [9.17, 15) is 15.0 Å². The highest BCUT2D eigenvalue weighted by molar-refractivity contribution is 7.99. The van der Waals surface area contributed by atoms with Crippen LogP contribution in [0.5, 0.6) is 17.2 Å². The van der Waals surface area contributed by atoms with Gasteiger partial charge in [-0.25, -0.2) is 4.79 Å². The second-order valence-corrected chi connectivity index (χ2v) is 8.81. The predicted octanol–water partition coefficient (Wildman–Crippen LogP) is 5.06. The van der Waals surface area contributed by atoms with Crippen LogP contribution in [0.25, 0.3) is 0 Å². The number of benzene rings is 3. The van der Waals surface area contributed by atoms with Crippen molar-refractivity contribution in [2.45, 2.75) is 9.79 Å². The monoisotopic (exact) mass is 490 g/mol. The summed E-state index contributed by atoms with van der Waals surface area (Å²) in [7, 11) is 0. The van der Waals surface area contributed by atoms with Crippen molar-refractivity contribution in [3.05, 3.63) is 78.4 Å². The molecule has 0 aliphatic carbocycles. The maximum absolute atomic E-state index is 10.2. The summed E-state index contributed by atoms with van der Waals surface area (Å²) in [5, 5.41) is 35.5. The molecule has 0 radical (unpaired) electrons. The molecule has 0 saturated carbocycles. The van der Waals surface area contributed by atoms with E-state index in [1.54, 1.807) is 47.8 Å². The van der Waals surface area contributed by atoms with E-state index in [4.69, 9.17) is 19.7 Å². The summed E-state index contributed by atoms with van der Waals surface area (Å²) >= 11 is 3.36. The molecule has 176 valence electrons. The van der Waals surface area contributed by atoms with Crippen molar-refractivity contribution >= 4 is 29.5 Å². The van der Waals surface area contributed by atoms with Crippen LogP contribution in [0.1, 0.15) is 10.4 Å². The third-order valence-electron chi connectivity index (χ3n) is 3.95. The van der Waals surface area contributed by atoms with E-state index in [1.807, 2.05) is 24.3 Å². The number of aromatic carboxylic acids is 1. The average Bonchev–Trinajstić information content (AvgIpc) is 2.81. The lowest BCUT2D eigenvalue weighted by molar-refractivity contribution is -0.0426. The fourth-order valence-corrected chi connectivity index (χ4v) is 3.83. The van der Waals surface area contributed by atoms with E-state index >= 15 is 0 Å². The first kappa shape index (κ1) is 26.4. The highest BCUT2D eigenvalue weighted by Gasteiger charge is 1.99. The van der Waals surface area contributed by atoms with Crippen molar-refractivity contribution in [3.8, 4) is 17.2 Å². The van der Waals surface area contributed by atoms with Crippen LogP contribution >= 0.6 is 23.5 Å². The van der Waals surface area contributed by atoms with Gasteiger partial charge in [0.1, 0.15) is 24.0 Å². The fourth-order valence-electron chi connectivity index (χ4n) is 2.30. The topological polar surface area (TPSA) is 116 Å². The van der Waals surface area contributed by atoms with Gasteiger partial charge in [0.2, 0.25) is 0 Å². The number of carboxylic acids is 1. The van der Waals surface area contributed by atoms with Crippen LogP contribution in [-0.4, -0.2) is 57.9 Å². The van der Waals surface area contributed by atoms with Gasteiger partial charge in [0.15, 0.2) is 0 Å². The standard InChI is InChI=1S/C17H20O4S2.C7H6O3/c18-14-1-5-16(6-2-14)22-11-9-20-13-21-10-12-23-17-7-3-15(19)4-8-17;8-6-3-1-5(2-4-6)7(9)10/h1-8,18-19H,9-13H2;1-4,8H,(H,9,10). The zero-order valence-electron chi connectivity index (χ0n) is 17.8. The number of phenolic OH excluding ortho intramolecular Hbond substituents is 3. The number of phenols is 3. The largest absolute Gasteiger partial charge is 0.508 e. The van der Waals surface area contributed by atoms with Crippen LogP contribution < -0.4 is 0 Å². The maximum Gasteiger partial charge on any atom is 0.335 e. The Balaban J connectivity index is 0.000000321. The Morgan fingerprint density at radius 3 is 1.36 bits per heavy atom. The molecule has 0 atom stereocenters. The molecule has 0 amide bonds. The molecule has 3 rings (SSSR count). The summed E-state index contributed by atoms with van der Waals surface area (Å²) in [4.78, 5) is 12.4. The van der Waals surface area contributed by atoms with Crippen molar-refractivity contribution in [2.75, 3.05) is 31.5 Å². The summed E-state index contributed by atoms with van der Waals surface area (Å²) in [6, 6.07) is 19.6. The second kappa shape index (κ2) is 15.1. The Morgan fingerprint density at radius 1 is 0.636 bits per heavy atom. The lowest BCUT2D eigenvalue weighted by Crippen LogP contribution is -2.05. The molecule has 0 saturated heterocycles. The van der Waals surface area contributed by atoms with Gasteiger partial charge in [-0.1, -0.05) is 0 Å². The smallest absolute Gasteiger partial charge is 0.335 e. The molecule has 0 aliphatic heterocycles. The van der Waals surface area contributed by atoms with Crippen molar-refractivity contribution in [2.24, 2.45) is 0 Å². The molecule has 0 spiro atoms. The molecule has 0 fully saturated rings. The molecule has 9 heteroatoms. The van der Waals surface area contributed by atoms with Crippen LogP contribution in [0.4, 0.5) is 0 Å². The SMILES string of the molecule is O=C(O)c1ccc(O)cc1.Oc1ccc(SCCOCOCCSc2ccc(O)cc2)cc1. The molecule has 0 heterocycles. The maximum atomic E-state index is 10.2. The first-order chi connectivity index (χ1) is 15.9. The second-order valence-electron chi connectivity index (χ2n) is 6.47. The Hall–Kier alpha value is -2.85. The van der Waals surface area contributed by atoms with Crippen LogP contribution in [0.3, 0.4) is 0 Å². The van der Waals surface area contributed by atoms with Gasteiger partial charge in [0, 0.05) is 21.3 Å². The van der Waals surface area contributed by atoms with Crippen LogP contribution in [-0.2, 0) is 9.47 Å². The van der Waals surface area contributed by atoms with E-state index in [0.29, 0.717) is 20.0 Å². The molecule has 0 aliphatic rings. The highest BCUT2D eigenvalue weighted by atomic mass is 32.2. The molecule has 0 aromatic heterocycles. The molecule has 7 nitrogen and oxygen atoms in total. The van der Waals surface area contributed by atoms with E-state index < -0.39 is 5.97 Å². The Labute approximate surface area is 201 Å². The average molecular weight is 491 g/mol. The van der Waals surface area contributed by atoms with Gasteiger partial charge < -0.3 is 29.9 Å². The predicted molar refractivity (Wildman–Crippen MR) is 129 cm³/mol. The molecule has 33 heavy (non-hydrogen) atoms. The number of aromatic hydroxyl groups is 3. The summed E-state index contributed by atoms with van der Waals surface area (Å²) in [5.74, 6) is 1.34. The zero-order valence-corrected chi connectivity index (χ0v) is 19.4. The number of hydrogen-bond acceptors (Lipinski definition) is 8. The quantitative estimate of drug-likeness (QED) is 0.166. The lowest BCUT2D eigenvalue weighted by Gasteiger charge is -2.06. The van der Waals surface area contributed by atoms with Crippen molar-refractivity contribution in [1.29, 1.82) is 0 Å². The minimum Gasteiger partial charge on any atom is -0.508 e. The molecule has 0 unspecified atom stereocenters. The van der Waals surface area contributed by atoms with Gasteiger partial charge in [-0.15, -0.1) is 23.5 Å². The third kappa shape index (κ3) is 11.5. The summed E-state index contributed by atoms with van der Waals surface area (Å²) in [6.07, 6.45) is 0. The zero-order chi connectivity index (χ0) is 23.9. The van der Waals surface area contributed by atoms with Crippen molar-refractivity contribution < 1.29 is 34.7 Å². The number of carbonyl (C=O) groups is 1. The van der Waals surface area contributed by atoms with Gasteiger partial charge in [-0.3, -0.25) is 0 Å². The van der Waals surface area contributed by atoms with E-state index in [0.717, 1.165) is 21.3 Å². The Bertz CT molecular complexity index is 895. The molecule has 3 aromatic carbocycles. The Morgan fingerprint density at radius 2 is 1.00 bits per heavy atom.